The average molecular weight is 266 g/mol. The third kappa shape index (κ3) is 5.24. The van der Waals surface area contributed by atoms with Gasteiger partial charge < -0.3 is 4.74 Å². The van der Waals surface area contributed by atoms with Crippen LogP contribution in [0, 0.1) is 12.0 Å². The molecule has 0 fully saturated rings. The predicted molar refractivity (Wildman–Crippen MR) is 71.7 cm³/mol. The Morgan fingerprint density at radius 3 is 2.56 bits per heavy atom. The molecule has 0 unspecified atom stereocenters. The van der Waals surface area contributed by atoms with Crippen LogP contribution in [-0.4, -0.2) is 20.8 Å². The fourth-order valence-electron chi connectivity index (χ4n) is 1.43. The highest BCUT2D eigenvalue weighted by Crippen LogP contribution is 2.12. The van der Waals surface area contributed by atoms with E-state index in [2.05, 4.69) is 12.0 Å². The summed E-state index contributed by atoms with van der Waals surface area (Å²) in [6, 6.07) is 8.54. The molecule has 1 aromatic rings. The number of ether oxygens (including phenoxy) is 1. The van der Waals surface area contributed by atoms with Crippen LogP contribution in [0.4, 0.5) is 0 Å². The van der Waals surface area contributed by atoms with Crippen LogP contribution in [0.5, 0.6) is 0 Å². The second-order valence-corrected chi connectivity index (χ2v) is 5.91. The van der Waals surface area contributed by atoms with Crippen LogP contribution in [0.15, 0.2) is 35.2 Å². The number of rotatable bonds is 6. The van der Waals surface area contributed by atoms with Crippen LogP contribution in [0.3, 0.4) is 0 Å². The molecule has 0 aliphatic rings. The van der Waals surface area contributed by atoms with Crippen molar-refractivity contribution in [1.29, 1.82) is 0 Å². The first-order chi connectivity index (χ1) is 8.67. The summed E-state index contributed by atoms with van der Waals surface area (Å²) in [5.41, 5.74) is 0. The van der Waals surface area contributed by atoms with Crippen molar-refractivity contribution in [1.82, 2.24) is 0 Å². The summed E-state index contributed by atoms with van der Waals surface area (Å²) < 4.78 is 28.7. The Morgan fingerprint density at radius 1 is 1.17 bits per heavy atom. The normalized spacial score (nSPS) is 10.5. The second kappa shape index (κ2) is 7.78. The molecule has 0 saturated carbocycles. The fourth-order valence-corrected chi connectivity index (χ4v) is 2.82. The van der Waals surface area contributed by atoms with Gasteiger partial charge in [-0.3, -0.25) is 0 Å². The summed E-state index contributed by atoms with van der Waals surface area (Å²) in [5.74, 6) is 3.02. The lowest BCUT2D eigenvalue weighted by atomic mass is 10.3. The first-order valence-electron chi connectivity index (χ1n) is 6.04. The third-order valence-corrected chi connectivity index (χ3v) is 4.17. The molecule has 1 rings (SSSR count). The summed E-state index contributed by atoms with van der Waals surface area (Å²) in [7, 11) is -3.14. The lowest BCUT2D eigenvalue weighted by Gasteiger charge is -2.02. The zero-order chi connectivity index (χ0) is 13.3. The number of unbranched alkanes of at least 4 members (excludes halogenated alkanes) is 2. The van der Waals surface area contributed by atoms with Gasteiger partial charge in [0.2, 0.25) is 0 Å². The zero-order valence-electron chi connectivity index (χ0n) is 10.6. The van der Waals surface area contributed by atoms with Crippen molar-refractivity contribution >= 4 is 9.84 Å². The quantitative estimate of drug-likeness (QED) is 0.587. The highest BCUT2D eigenvalue weighted by molar-refractivity contribution is 7.91. The van der Waals surface area contributed by atoms with Crippen LogP contribution in [0.2, 0.25) is 0 Å². The number of hydrogen-bond acceptors (Lipinski definition) is 3. The van der Waals surface area contributed by atoms with Crippen LogP contribution in [-0.2, 0) is 14.6 Å². The molecular formula is C14H18O3S. The van der Waals surface area contributed by atoms with E-state index in [1.165, 1.54) is 0 Å². The molecule has 0 aliphatic heterocycles. The van der Waals surface area contributed by atoms with E-state index >= 15 is 0 Å². The third-order valence-electron chi connectivity index (χ3n) is 2.36. The lowest BCUT2D eigenvalue weighted by molar-refractivity contribution is 0.298. The van der Waals surface area contributed by atoms with E-state index in [9.17, 15) is 8.42 Å². The van der Waals surface area contributed by atoms with Crippen LogP contribution < -0.4 is 0 Å². The second-order valence-electron chi connectivity index (χ2n) is 3.80. The summed E-state index contributed by atoms with van der Waals surface area (Å²) >= 11 is 0. The van der Waals surface area contributed by atoms with Gasteiger partial charge in [-0.2, -0.15) is 0 Å². The van der Waals surface area contributed by atoms with Crippen LogP contribution in [0.1, 0.15) is 26.2 Å². The molecule has 0 atom stereocenters. The van der Waals surface area contributed by atoms with Gasteiger partial charge in [0.15, 0.2) is 9.84 Å². The Labute approximate surface area is 109 Å². The van der Waals surface area contributed by atoms with Crippen molar-refractivity contribution in [2.45, 2.75) is 31.1 Å². The van der Waals surface area contributed by atoms with Crippen LogP contribution in [0.25, 0.3) is 0 Å². The first-order valence-corrected chi connectivity index (χ1v) is 7.69. The summed E-state index contributed by atoms with van der Waals surface area (Å²) in [5, 5.41) is 0. The van der Waals surface area contributed by atoms with Gasteiger partial charge in [0.05, 0.1) is 17.3 Å². The highest BCUT2D eigenvalue weighted by atomic mass is 32.2. The minimum atomic E-state index is -3.14. The van der Waals surface area contributed by atoms with Crippen molar-refractivity contribution in [2.24, 2.45) is 0 Å². The number of hydrogen-bond donors (Lipinski definition) is 0. The molecule has 4 heteroatoms. The monoisotopic (exact) mass is 266 g/mol. The van der Waals surface area contributed by atoms with Crippen molar-refractivity contribution < 1.29 is 13.2 Å². The molecule has 0 spiro atoms. The van der Waals surface area contributed by atoms with Gasteiger partial charge in [-0.1, -0.05) is 24.1 Å². The molecule has 18 heavy (non-hydrogen) atoms. The largest absolute Gasteiger partial charge is 0.447 e. The topological polar surface area (TPSA) is 43.4 Å². The molecule has 0 N–H and O–H groups in total. The molecule has 0 saturated heterocycles. The van der Waals surface area contributed by atoms with Gasteiger partial charge in [-0.15, -0.1) is 0 Å². The first kappa shape index (κ1) is 14.6. The van der Waals surface area contributed by atoms with E-state index < -0.39 is 9.84 Å². The lowest BCUT2D eigenvalue weighted by Crippen LogP contribution is -2.06. The average Bonchev–Trinajstić information content (AvgIpc) is 2.39. The van der Waals surface area contributed by atoms with Gasteiger partial charge in [0.1, 0.15) is 6.11 Å². The smallest absolute Gasteiger partial charge is 0.178 e. The van der Waals surface area contributed by atoms with E-state index in [0.717, 1.165) is 6.42 Å². The van der Waals surface area contributed by atoms with E-state index in [4.69, 9.17) is 4.74 Å². The molecule has 3 nitrogen and oxygen atoms in total. The van der Waals surface area contributed by atoms with Gasteiger partial charge in [-0.05, 0) is 31.9 Å². The van der Waals surface area contributed by atoms with Crippen molar-refractivity contribution in [3.8, 4) is 12.0 Å². The van der Waals surface area contributed by atoms with Crippen LogP contribution >= 0.6 is 0 Å². The van der Waals surface area contributed by atoms with E-state index in [1.54, 1.807) is 24.3 Å². The predicted octanol–water partition coefficient (Wildman–Crippen LogP) is 2.63. The summed E-state index contributed by atoms with van der Waals surface area (Å²) in [6.07, 6.45) is 4.63. The van der Waals surface area contributed by atoms with Crippen molar-refractivity contribution in [3.05, 3.63) is 30.3 Å². The molecule has 98 valence electrons. The van der Waals surface area contributed by atoms with E-state index in [1.807, 2.05) is 13.0 Å². The molecule has 0 bridgehead atoms. The fraction of sp³-hybridized carbons (Fsp3) is 0.429. The van der Waals surface area contributed by atoms with Gasteiger partial charge in [0.25, 0.3) is 0 Å². The minimum Gasteiger partial charge on any atom is -0.447 e. The molecule has 0 heterocycles. The van der Waals surface area contributed by atoms with Gasteiger partial charge in [0, 0.05) is 6.42 Å². The van der Waals surface area contributed by atoms with E-state index in [0.29, 0.717) is 24.3 Å². The Bertz CT molecular complexity index is 495. The molecule has 0 aliphatic carbocycles. The molecular weight excluding hydrogens is 248 g/mol. The van der Waals surface area contributed by atoms with Gasteiger partial charge >= 0.3 is 0 Å². The molecule has 0 aromatic heterocycles. The molecule has 0 amide bonds. The maximum absolute atomic E-state index is 11.9. The van der Waals surface area contributed by atoms with Crippen molar-refractivity contribution in [2.75, 3.05) is 12.4 Å². The summed E-state index contributed by atoms with van der Waals surface area (Å²) in [6.45, 7) is 2.45. The zero-order valence-corrected chi connectivity index (χ0v) is 11.4. The molecule has 1 aromatic carbocycles. The molecule has 0 radical (unpaired) electrons. The standard InChI is InChI=1S/C14H18O3S/c1-2-17-12-8-3-4-9-13-18(15,16)14-10-6-5-7-11-14/h5-7,10-11H,2-4,9,13H2,1H3. The number of benzene rings is 1. The van der Waals surface area contributed by atoms with E-state index in [-0.39, 0.29) is 5.75 Å². The maximum atomic E-state index is 11.9. The summed E-state index contributed by atoms with van der Waals surface area (Å²) in [4.78, 5) is 0.394. The minimum absolute atomic E-state index is 0.174. The SMILES string of the molecule is CCOC#CCCCCS(=O)(=O)c1ccccc1. The Balaban J connectivity index is 2.34. The maximum Gasteiger partial charge on any atom is 0.178 e. The number of sulfone groups is 1. The Kier molecular flexibility index (Phi) is 6.31. The highest BCUT2D eigenvalue weighted by Gasteiger charge is 2.12. The van der Waals surface area contributed by atoms with Crippen molar-refractivity contribution in [3.63, 3.8) is 0 Å². The Morgan fingerprint density at radius 2 is 1.89 bits per heavy atom. The Hall–Kier alpha value is -1.47. The van der Waals surface area contributed by atoms with Gasteiger partial charge in [-0.25, -0.2) is 8.42 Å².